The third kappa shape index (κ3) is 5.96. The second kappa shape index (κ2) is 10.8. The fourth-order valence-corrected chi connectivity index (χ4v) is 2.89. The number of rotatable bonds is 7. The number of hydrogen-bond acceptors (Lipinski definition) is 5. The molecule has 0 spiro atoms. The maximum Gasteiger partial charge on any atom is 0.216 e. The van der Waals surface area contributed by atoms with Crippen molar-refractivity contribution < 1.29 is 9.15 Å². The van der Waals surface area contributed by atoms with Crippen LogP contribution in [-0.4, -0.2) is 41.8 Å². The normalized spacial score (nSPS) is 12.2. The van der Waals surface area contributed by atoms with Gasteiger partial charge in [-0.2, -0.15) is 5.10 Å². The van der Waals surface area contributed by atoms with E-state index in [1.807, 2.05) is 24.3 Å². The highest BCUT2D eigenvalue weighted by Crippen LogP contribution is 2.25. The van der Waals surface area contributed by atoms with Gasteiger partial charge in [0.05, 0.1) is 19.4 Å². The zero-order valence-electron chi connectivity index (χ0n) is 17.0. The van der Waals surface area contributed by atoms with Crippen LogP contribution in [0.25, 0.3) is 11.6 Å². The molecule has 0 aliphatic carbocycles. The Hall–Kier alpha value is -2.56. The van der Waals surface area contributed by atoms with Crippen molar-refractivity contribution in [1.82, 2.24) is 25.8 Å². The molecule has 0 aliphatic rings. The van der Waals surface area contributed by atoms with Gasteiger partial charge in [0.1, 0.15) is 11.6 Å². The summed E-state index contributed by atoms with van der Waals surface area (Å²) in [5.41, 5.74) is 2.27. The number of aromatic amines is 1. The smallest absolute Gasteiger partial charge is 0.216 e. The molecule has 1 aromatic carbocycles. The SMILES string of the molecule is CN=C(NCCc1nc(-c2ccco2)n[nH]1)NC(C)c1cc(C)ccc1OC.I. The number of ether oxygens (including phenoxy) is 1. The highest BCUT2D eigenvalue weighted by atomic mass is 127. The molecule has 0 radical (unpaired) electrons. The Labute approximate surface area is 187 Å². The van der Waals surface area contributed by atoms with Gasteiger partial charge in [-0.1, -0.05) is 17.7 Å². The van der Waals surface area contributed by atoms with Crippen molar-refractivity contribution in [2.24, 2.45) is 4.99 Å². The third-order valence-electron chi connectivity index (χ3n) is 4.36. The molecule has 0 amide bonds. The summed E-state index contributed by atoms with van der Waals surface area (Å²) in [5, 5.41) is 13.8. The highest BCUT2D eigenvalue weighted by molar-refractivity contribution is 14.0. The van der Waals surface area contributed by atoms with Gasteiger partial charge in [-0.15, -0.1) is 24.0 Å². The number of nitrogens with one attached hydrogen (secondary N) is 3. The topological polar surface area (TPSA) is 100 Å². The first kappa shape index (κ1) is 22.7. The van der Waals surface area contributed by atoms with E-state index in [0.717, 1.165) is 17.1 Å². The number of halogens is 1. The first-order valence-electron chi connectivity index (χ1n) is 9.17. The Morgan fingerprint density at radius 2 is 2.17 bits per heavy atom. The lowest BCUT2D eigenvalue weighted by molar-refractivity contribution is 0.405. The molecule has 2 aromatic heterocycles. The molecule has 1 unspecified atom stereocenters. The molecule has 0 bridgehead atoms. The Morgan fingerprint density at radius 3 is 2.86 bits per heavy atom. The van der Waals surface area contributed by atoms with E-state index in [0.29, 0.717) is 30.5 Å². The second-order valence-corrected chi connectivity index (χ2v) is 6.44. The molecule has 0 saturated heterocycles. The lowest BCUT2D eigenvalue weighted by Crippen LogP contribution is -2.39. The molecule has 0 aliphatic heterocycles. The van der Waals surface area contributed by atoms with Crippen LogP contribution in [0.5, 0.6) is 5.75 Å². The number of hydrogen-bond donors (Lipinski definition) is 3. The Morgan fingerprint density at radius 1 is 1.34 bits per heavy atom. The minimum atomic E-state index is 0. The maximum atomic E-state index is 5.48. The molecule has 156 valence electrons. The van der Waals surface area contributed by atoms with Crippen molar-refractivity contribution >= 4 is 29.9 Å². The predicted octanol–water partition coefficient (Wildman–Crippen LogP) is 3.47. The van der Waals surface area contributed by atoms with Gasteiger partial charge in [-0.25, -0.2) is 4.98 Å². The van der Waals surface area contributed by atoms with E-state index in [1.165, 1.54) is 5.56 Å². The number of aryl methyl sites for hydroxylation is 1. The van der Waals surface area contributed by atoms with Crippen LogP contribution in [0.1, 0.15) is 29.9 Å². The summed E-state index contributed by atoms with van der Waals surface area (Å²) in [4.78, 5) is 8.74. The molecule has 9 heteroatoms. The van der Waals surface area contributed by atoms with Crippen molar-refractivity contribution in [2.75, 3.05) is 20.7 Å². The molecule has 3 aromatic rings. The zero-order chi connectivity index (χ0) is 19.9. The molecule has 2 heterocycles. The van der Waals surface area contributed by atoms with Gasteiger partial charge in [0, 0.05) is 25.6 Å². The number of furan rings is 1. The summed E-state index contributed by atoms with van der Waals surface area (Å²) in [6.45, 7) is 4.80. The number of aliphatic imine (C=N–C) groups is 1. The van der Waals surface area contributed by atoms with Crippen molar-refractivity contribution in [3.8, 4) is 17.3 Å². The molecule has 3 rings (SSSR count). The first-order chi connectivity index (χ1) is 13.6. The molecular weight excluding hydrogens is 483 g/mol. The van der Waals surface area contributed by atoms with Gasteiger partial charge in [0.2, 0.25) is 5.82 Å². The summed E-state index contributed by atoms with van der Waals surface area (Å²) in [5.74, 6) is 3.55. The van der Waals surface area contributed by atoms with Crippen LogP contribution in [0.15, 0.2) is 46.0 Å². The largest absolute Gasteiger partial charge is 0.496 e. The van der Waals surface area contributed by atoms with Crippen molar-refractivity contribution in [2.45, 2.75) is 26.3 Å². The van der Waals surface area contributed by atoms with Crippen molar-refractivity contribution in [1.29, 1.82) is 0 Å². The van der Waals surface area contributed by atoms with Crippen LogP contribution >= 0.6 is 24.0 Å². The second-order valence-electron chi connectivity index (χ2n) is 6.44. The highest BCUT2D eigenvalue weighted by Gasteiger charge is 2.13. The summed E-state index contributed by atoms with van der Waals surface area (Å²) in [6, 6.07) is 9.83. The van der Waals surface area contributed by atoms with Gasteiger partial charge >= 0.3 is 0 Å². The number of H-pyrrole nitrogens is 1. The van der Waals surface area contributed by atoms with Crippen LogP contribution in [0.3, 0.4) is 0 Å². The van der Waals surface area contributed by atoms with Gasteiger partial charge < -0.3 is 19.8 Å². The lowest BCUT2D eigenvalue weighted by atomic mass is 10.0. The molecule has 0 saturated carbocycles. The van der Waals surface area contributed by atoms with Gasteiger partial charge in [0.15, 0.2) is 11.7 Å². The van der Waals surface area contributed by atoms with E-state index in [-0.39, 0.29) is 30.0 Å². The van der Waals surface area contributed by atoms with Crippen LogP contribution in [0.2, 0.25) is 0 Å². The van der Waals surface area contributed by atoms with E-state index in [2.05, 4.69) is 50.7 Å². The summed E-state index contributed by atoms with van der Waals surface area (Å²) < 4.78 is 10.8. The van der Waals surface area contributed by atoms with Gasteiger partial charge in [-0.3, -0.25) is 10.1 Å². The molecule has 3 N–H and O–H groups in total. The fourth-order valence-electron chi connectivity index (χ4n) is 2.89. The summed E-state index contributed by atoms with van der Waals surface area (Å²) in [6.07, 6.45) is 2.28. The van der Waals surface area contributed by atoms with Gasteiger partial charge in [0.25, 0.3) is 0 Å². The fraction of sp³-hybridized carbons (Fsp3) is 0.350. The van der Waals surface area contributed by atoms with Crippen molar-refractivity contribution in [3.05, 3.63) is 53.5 Å². The first-order valence-corrected chi connectivity index (χ1v) is 9.17. The number of aromatic nitrogens is 3. The van der Waals surface area contributed by atoms with Crippen molar-refractivity contribution in [3.63, 3.8) is 0 Å². The van der Waals surface area contributed by atoms with E-state index in [1.54, 1.807) is 20.4 Å². The third-order valence-corrected chi connectivity index (χ3v) is 4.36. The minimum Gasteiger partial charge on any atom is -0.496 e. The Kier molecular flexibility index (Phi) is 8.50. The number of nitrogens with zero attached hydrogens (tertiary/aromatic N) is 3. The molecule has 29 heavy (non-hydrogen) atoms. The number of benzene rings is 1. The van der Waals surface area contributed by atoms with E-state index in [9.17, 15) is 0 Å². The van der Waals surface area contributed by atoms with Crippen LogP contribution in [-0.2, 0) is 6.42 Å². The molecule has 1 atom stereocenters. The summed E-state index contributed by atoms with van der Waals surface area (Å²) in [7, 11) is 3.43. The Balaban J connectivity index is 0.00000300. The quantitative estimate of drug-likeness (QED) is 0.256. The molecular formula is C20H27IN6O2. The van der Waals surface area contributed by atoms with Crippen LogP contribution in [0, 0.1) is 6.92 Å². The van der Waals surface area contributed by atoms with Crippen LogP contribution < -0.4 is 15.4 Å². The van der Waals surface area contributed by atoms with Gasteiger partial charge in [-0.05, 0) is 32.0 Å². The standard InChI is InChI=1S/C20H26N6O2.HI/c1-13-7-8-16(27-4)15(12-13)14(2)23-20(21-3)22-10-9-18-24-19(26-25-18)17-6-5-11-28-17;/h5-8,11-12,14H,9-10H2,1-4H3,(H2,21,22,23)(H,24,25,26);1H. The lowest BCUT2D eigenvalue weighted by Gasteiger charge is -2.20. The monoisotopic (exact) mass is 510 g/mol. The maximum absolute atomic E-state index is 5.48. The minimum absolute atomic E-state index is 0. The summed E-state index contributed by atoms with van der Waals surface area (Å²) >= 11 is 0. The zero-order valence-corrected chi connectivity index (χ0v) is 19.4. The number of guanidine groups is 1. The molecule has 0 fully saturated rings. The van der Waals surface area contributed by atoms with Crippen LogP contribution in [0.4, 0.5) is 0 Å². The average molecular weight is 510 g/mol. The average Bonchev–Trinajstić information content (AvgIpc) is 3.38. The van der Waals surface area contributed by atoms with E-state index >= 15 is 0 Å². The molecule has 8 nitrogen and oxygen atoms in total. The van der Waals surface area contributed by atoms with E-state index < -0.39 is 0 Å². The number of methoxy groups -OCH3 is 1. The van der Waals surface area contributed by atoms with E-state index in [4.69, 9.17) is 9.15 Å². The predicted molar refractivity (Wildman–Crippen MR) is 124 cm³/mol. The Bertz CT molecular complexity index is 923.